The van der Waals surface area contributed by atoms with E-state index in [9.17, 15) is 4.21 Å². The van der Waals surface area contributed by atoms with Crippen LogP contribution in [0.4, 0.5) is 0 Å². The molecule has 1 aliphatic rings. The molecule has 0 saturated carbocycles. The van der Waals surface area contributed by atoms with Gasteiger partial charge in [-0.15, -0.1) is 0 Å². The minimum Gasteiger partial charge on any atom is -0.495 e. The van der Waals surface area contributed by atoms with E-state index < -0.39 is 10.8 Å². The first kappa shape index (κ1) is 13.8. The minimum absolute atomic E-state index is 0.476. The van der Waals surface area contributed by atoms with E-state index in [-0.39, 0.29) is 0 Å². The van der Waals surface area contributed by atoms with Crippen LogP contribution in [0.3, 0.4) is 0 Å². The number of methoxy groups -OCH3 is 1. The van der Waals surface area contributed by atoms with Gasteiger partial charge in [0, 0.05) is 34.9 Å². The van der Waals surface area contributed by atoms with Gasteiger partial charge in [0.25, 0.3) is 0 Å². The summed E-state index contributed by atoms with van der Waals surface area (Å²) in [7, 11) is 1.02. The molecule has 2 rings (SSSR count). The van der Waals surface area contributed by atoms with Crippen molar-refractivity contribution < 1.29 is 8.95 Å². The second-order valence-electron chi connectivity index (χ2n) is 4.47. The first-order valence-corrected chi connectivity index (χ1v) is 7.96. The summed E-state index contributed by atoms with van der Waals surface area (Å²) in [6, 6.07) is 6.30. The summed E-state index contributed by atoms with van der Waals surface area (Å²) < 4.78 is 16.4. The number of nitrogens with one attached hydrogen (secondary N) is 1. The first-order valence-electron chi connectivity index (χ1n) is 6.10. The van der Waals surface area contributed by atoms with E-state index in [0.29, 0.717) is 16.8 Å². The fraction of sp³-hybridized carbons (Fsp3) is 0.538. The zero-order valence-electron chi connectivity index (χ0n) is 10.4. The summed E-state index contributed by atoms with van der Waals surface area (Å²) in [5.41, 5.74) is 1.15. The van der Waals surface area contributed by atoms with Gasteiger partial charge < -0.3 is 10.1 Å². The topological polar surface area (TPSA) is 38.3 Å². The maximum absolute atomic E-state index is 11.3. The fourth-order valence-electron chi connectivity index (χ4n) is 2.08. The smallest absolute Gasteiger partial charge is 0.137 e. The molecule has 1 fully saturated rings. The molecular formula is C13H18ClNO2S. The zero-order valence-corrected chi connectivity index (χ0v) is 12.0. The molecule has 0 bridgehead atoms. The Balaban J connectivity index is 1.86. The van der Waals surface area contributed by atoms with Gasteiger partial charge in [-0.25, -0.2) is 0 Å². The van der Waals surface area contributed by atoms with Gasteiger partial charge in [0.1, 0.15) is 5.75 Å². The first-order chi connectivity index (χ1) is 8.69. The van der Waals surface area contributed by atoms with Crippen molar-refractivity contribution >= 4 is 22.4 Å². The van der Waals surface area contributed by atoms with E-state index >= 15 is 0 Å². The fourth-order valence-corrected chi connectivity index (χ4v) is 3.66. The molecule has 1 saturated heterocycles. The molecule has 3 nitrogen and oxygen atoms in total. The Labute approximate surface area is 115 Å². The Morgan fingerprint density at radius 2 is 2.17 bits per heavy atom. The van der Waals surface area contributed by atoms with Gasteiger partial charge in [0.05, 0.1) is 12.1 Å². The number of hydrogen-bond donors (Lipinski definition) is 1. The van der Waals surface area contributed by atoms with Gasteiger partial charge in [-0.2, -0.15) is 0 Å². The van der Waals surface area contributed by atoms with Crippen LogP contribution in [0.15, 0.2) is 18.2 Å². The largest absolute Gasteiger partial charge is 0.495 e. The van der Waals surface area contributed by atoms with Crippen molar-refractivity contribution in [3.05, 3.63) is 28.8 Å². The molecule has 0 radical (unpaired) electrons. The molecule has 5 heteroatoms. The lowest BCUT2D eigenvalue weighted by Gasteiger charge is -2.22. The average Bonchev–Trinajstić information content (AvgIpc) is 2.38. The highest BCUT2D eigenvalue weighted by molar-refractivity contribution is 7.85. The van der Waals surface area contributed by atoms with Crippen LogP contribution in [0.25, 0.3) is 0 Å². The SMILES string of the molecule is COc1ccc(CNC2CCS(=O)CC2)cc1Cl. The molecular weight excluding hydrogens is 270 g/mol. The molecule has 100 valence electrons. The van der Waals surface area contributed by atoms with E-state index in [0.717, 1.165) is 36.5 Å². The second kappa shape index (κ2) is 6.55. The third-order valence-corrected chi connectivity index (χ3v) is 4.88. The van der Waals surface area contributed by atoms with E-state index in [1.165, 1.54) is 0 Å². The molecule has 1 aliphatic heterocycles. The third kappa shape index (κ3) is 3.70. The molecule has 0 atom stereocenters. The molecule has 1 N–H and O–H groups in total. The van der Waals surface area contributed by atoms with Crippen LogP contribution in [-0.2, 0) is 17.3 Å². The Kier molecular flexibility index (Phi) is 5.03. The molecule has 0 aliphatic carbocycles. The number of hydrogen-bond acceptors (Lipinski definition) is 3. The Morgan fingerprint density at radius 3 is 2.78 bits per heavy atom. The van der Waals surface area contributed by atoms with Gasteiger partial charge in [-0.3, -0.25) is 4.21 Å². The Hall–Kier alpha value is -0.580. The number of halogens is 1. The van der Waals surface area contributed by atoms with Crippen LogP contribution in [0.2, 0.25) is 5.02 Å². The molecule has 1 aromatic carbocycles. The standard InChI is InChI=1S/C13H18ClNO2S/c1-17-13-3-2-10(8-12(13)14)9-15-11-4-6-18(16)7-5-11/h2-3,8,11,15H,4-7,9H2,1H3. The molecule has 0 amide bonds. The molecule has 1 aromatic rings. The van der Waals surface area contributed by atoms with Crippen molar-refractivity contribution in [1.82, 2.24) is 5.32 Å². The van der Waals surface area contributed by atoms with Crippen molar-refractivity contribution in [2.45, 2.75) is 25.4 Å². The summed E-state index contributed by atoms with van der Waals surface area (Å²) in [5, 5.41) is 4.13. The monoisotopic (exact) mass is 287 g/mol. The third-order valence-electron chi connectivity index (χ3n) is 3.20. The lowest BCUT2D eigenvalue weighted by atomic mass is 10.1. The van der Waals surface area contributed by atoms with E-state index in [1.807, 2.05) is 18.2 Å². The van der Waals surface area contributed by atoms with Gasteiger partial charge in [-0.1, -0.05) is 17.7 Å². The number of benzene rings is 1. The van der Waals surface area contributed by atoms with Gasteiger partial charge in [0.2, 0.25) is 0 Å². The lowest BCUT2D eigenvalue weighted by molar-refractivity contribution is 0.414. The van der Waals surface area contributed by atoms with Crippen molar-refractivity contribution in [1.29, 1.82) is 0 Å². The lowest BCUT2D eigenvalue weighted by Crippen LogP contribution is -2.35. The van der Waals surface area contributed by atoms with Gasteiger partial charge in [-0.05, 0) is 30.5 Å². The van der Waals surface area contributed by atoms with Crippen LogP contribution in [0, 0.1) is 0 Å². The Morgan fingerprint density at radius 1 is 1.44 bits per heavy atom. The van der Waals surface area contributed by atoms with Gasteiger partial charge >= 0.3 is 0 Å². The average molecular weight is 288 g/mol. The van der Waals surface area contributed by atoms with E-state index in [4.69, 9.17) is 16.3 Å². The highest BCUT2D eigenvalue weighted by Crippen LogP contribution is 2.25. The van der Waals surface area contributed by atoms with Crippen LogP contribution >= 0.6 is 11.6 Å². The van der Waals surface area contributed by atoms with E-state index in [2.05, 4.69) is 5.32 Å². The normalized spacial score (nSPS) is 23.9. The van der Waals surface area contributed by atoms with Crippen LogP contribution in [0.1, 0.15) is 18.4 Å². The maximum atomic E-state index is 11.3. The van der Waals surface area contributed by atoms with Crippen molar-refractivity contribution in [3.8, 4) is 5.75 Å². The number of rotatable bonds is 4. The summed E-state index contributed by atoms with van der Waals surface area (Å²) in [5.74, 6) is 2.34. The summed E-state index contributed by atoms with van der Waals surface area (Å²) in [6.45, 7) is 0.793. The molecule has 18 heavy (non-hydrogen) atoms. The second-order valence-corrected chi connectivity index (χ2v) is 6.58. The molecule has 1 heterocycles. The van der Waals surface area contributed by atoms with Crippen molar-refractivity contribution in [2.75, 3.05) is 18.6 Å². The van der Waals surface area contributed by atoms with Crippen molar-refractivity contribution in [3.63, 3.8) is 0 Å². The highest BCUT2D eigenvalue weighted by Gasteiger charge is 2.17. The molecule has 0 unspecified atom stereocenters. The zero-order chi connectivity index (χ0) is 13.0. The van der Waals surface area contributed by atoms with Crippen LogP contribution in [-0.4, -0.2) is 28.9 Å². The maximum Gasteiger partial charge on any atom is 0.137 e. The van der Waals surface area contributed by atoms with Gasteiger partial charge in [0.15, 0.2) is 0 Å². The highest BCUT2D eigenvalue weighted by atomic mass is 35.5. The predicted molar refractivity (Wildman–Crippen MR) is 75.7 cm³/mol. The van der Waals surface area contributed by atoms with Crippen molar-refractivity contribution in [2.24, 2.45) is 0 Å². The summed E-state index contributed by atoms with van der Waals surface area (Å²) in [4.78, 5) is 0. The summed E-state index contributed by atoms with van der Waals surface area (Å²) >= 11 is 6.08. The van der Waals surface area contributed by atoms with Crippen LogP contribution < -0.4 is 10.1 Å². The predicted octanol–water partition coefficient (Wildman–Crippen LogP) is 2.35. The quantitative estimate of drug-likeness (QED) is 0.924. The van der Waals surface area contributed by atoms with E-state index in [1.54, 1.807) is 7.11 Å². The number of ether oxygens (including phenoxy) is 1. The Bertz CT molecular complexity index is 429. The minimum atomic E-state index is -0.595. The summed E-state index contributed by atoms with van der Waals surface area (Å²) in [6.07, 6.45) is 1.99. The molecule has 0 spiro atoms. The van der Waals surface area contributed by atoms with Crippen LogP contribution in [0.5, 0.6) is 5.75 Å². The molecule has 0 aromatic heterocycles.